The fraction of sp³-hybridized carbons (Fsp3) is 0.514. The minimum absolute atomic E-state index is 0.0184. The van der Waals surface area contributed by atoms with Gasteiger partial charge in [-0.2, -0.15) is 11.8 Å². The van der Waals surface area contributed by atoms with Crippen molar-refractivity contribution in [1.82, 2.24) is 5.32 Å². The van der Waals surface area contributed by atoms with Gasteiger partial charge in [0.15, 0.2) is 17.9 Å². The number of amides is 1. The topological polar surface area (TPSA) is 226 Å². The average molecular weight is 716 g/mol. The Morgan fingerprint density at radius 2 is 1.76 bits per heavy atom. The second-order valence-corrected chi connectivity index (χ2v) is 14.7. The van der Waals surface area contributed by atoms with Crippen LogP contribution in [0.3, 0.4) is 0 Å². The summed E-state index contributed by atoms with van der Waals surface area (Å²) in [6.07, 6.45) is -4.50. The number of hydrogen-bond donors (Lipinski definition) is 6. The molecule has 2 aromatic carbocycles. The fourth-order valence-electron chi connectivity index (χ4n) is 6.78. The van der Waals surface area contributed by atoms with Gasteiger partial charge in [-0.3, -0.25) is 24.0 Å². The number of benzene rings is 2. The van der Waals surface area contributed by atoms with Gasteiger partial charge < -0.3 is 45.1 Å². The summed E-state index contributed by atoms with van der Waals surface area (Å²) in [6.45, 7) is 3.98. The summed E-state index contributed by atoms with van der Waals surface area (Å²) in [5.41, 5.74) is -4.03. The lowest BCUT2D eigenvalue weighted by Gasteiger charge is -2.43. The summed E-state index contributed by atoms with van der Waals surface area (Å²) in [5, 5.41) is 58.0. The number of phenolic OH excluding ortho intramolecular Hbond substituents is 2. The maximum atomic E-state index is 13.9. The molecule has 1 amide bonds. The van der Waals surface area contributed by atoms with Crippen LogP contribution in [0, 0.1) is 0 Å². The lowest BCUT2D eigenvalue weighted by Crippen LogP contribution is -2.56. The second-order valence-electron chi connectivity index (χ2n) is 13.3. The molecule has 0 bridgehead atoms. The van der Waals surface area contributed by atoms with Crippen molar-refractivity contribution < 1.29 is 63.7 Å². The number of carbonyl (C=O) groups is 5. The summed E-state index contributed by atoms with van der Waals surface area (Å²) in [4.78, 5) is 65.8. The summed E-state index contributed by atoms with van der Waals surface area (Å²) in [7, 11) is 1.31. The third-order valence-electron chi connectivity index (χ3n) is 9.87. The van der Waals surface area contributed by atoms with Crippen molar-refractivity contribution in [1.29, 1.82) is 0 Å². The molecule has 6 atom stereocenters. The molecule has 0 spiro atoms. The highest BCUT2D eigenvalue weighted by Crippen LogP contribution is 2.52. The van der Waals surface area contributed by atoms with Gasteiger partial charge in [0, 0.05) is 48.8 Å². The van der Waals surface area contributed by atoms with Crippen LogP contribution in [0.5, 0.6) is 17.2 Å². The number of aliphatic hydroxyl groups excluding tert-OH is 2. The average Bonchev–Trinajstić information content (AvgIpc) is 3.08. The quantitative estimate of drug-likeness (QED) is 0.155. The Balaban J connectivity index is 1.49. The molecule has 15 heteroatoms. The first kappa shape index (κ1) is 37.4. The molecule has 0 saturated carbocycles. The minimum Gasteiger partial charge on any atom is -0.507 e. The first-order chi connectivity index (χ1) is 23.5. The number of aliphatic hydroxyl groups is 3. The number of carbonyl (C=O) groups excluding carboxylic acids is 5. The molecule has 5 rings (SSSR count). The van der Waals surface area contributed by atoms with Gasteiger partial charge in [0.2, 0.25) is 11.7 Å². The normalized spacial score (nSPS) is 26.0. The van der Waals surface area contributed by atoms with Crippen LogP contribution in [-0.4, -0.2) is 109 Å². The van der Waals surface area contributed by atoms with E-state index in [1.165, 1.54) is 44.0 Å². The lowest BCUT2D eigenvalue weighted by atomic mass is 9.72. The van der Waals surface area contributed by atoms with Gasteiger partial charge in [-0.1, -0.05) is 12.1 Å². The number of fused-ring (bicyclic) bond motifs is 3. The molecule has 1 aliphatic heterocycles. The number of hydrogen-bond acceptors (Lipinski definition) is 14. The predicted octanol–water partition coefficient (Wildman–Crippen LogP) is 1.65. The smallest absolute Gasteiger partial charge is 0.220 e. The summed E-state index contributed by atoms with van der Waals surface area (Å²) in [6, 6.07) is 3.39. The Labute approximate surface area is 292 Å². The number of Topliss-reactive ketones (excluding diaryl/α,β-unsaturated/α-hetero) is 2. The Morgan fingerprint density at radius 1 is 1.08 bits per heavy atom. The van der Waals surface area contributed by atoms with Crippen molar-refractivity contribution >= 4 is 40.8 Å². The molecule has 50 heavy (non-hydrogen) atoms. The van der Waals surface area contributed by atoms with Crippen molar-refractivity contribution in [3.8, 4) is 17.2 Å². The Kier molecular flexibility index (Phi) is 10.5. The summed E-state index contributed by atoms with van der Waals surface area (Å²) < 4.78 is 16.7. The molecule has 0 aromatic heterocycles. The molecule has 1 saturated heterocycles. The molecule has 1 unspecified atom stereocenters. The van der Waals surface area contributed by atoms with E-state index in [1.54, 1.807) is 20.1 Å². The van der Waals surface area contributed by atoms with E-state index in [0.29, 0.717) is 0 Å². The van der Waals surface area contributed by atoms with E-state index in [-0.39, 0.29) is 53.0 Å². The van der Waals surface area contributed by atoms with Crippen molar-refractivity contribution in [2.45, 2.75) is 93.9 Å². The number of methoxy groups -OCH3 is 1. The van der Waals surface area contributed by atoms with Crippen molar-refractivity contribution in [2.24, 2.45) is 0 Å². The lowest BCUT2D eigenvalue weighted by molar-refractivity contribution is -0.249. The highest BCUT2D eigenvalue weighted by molar-refractivity contribution is 8.00. The van der Waals surface area contributed by atoms with E-state index >= 15 is 0 Å². The second kappa shape index (κ2) is 14.0. The zero-order valence-electron chi connectivity index (χ0n) is 28.3. The van der Waals surface area contributed by atoms with E-state index in [0.717, 1.165) is 0 Å². The molecular formula is C35H41NO13S. The largest absolute Gasteiger partial charge is 0.507 e. The number of nitrogens with one attached hydrogen (secondary N) is 1. The van der Waals surface area contributed by atoms with Gasteiger partial charge in [-0.15, -0.1) is 0 Å². The Bertz CT molecular complexity index is 1760. The molecule has 6 N–H and O–H groups in total. The summed E-state index contributed by atoms with van der Waals surface area (Å²) in [5.74, 6) is -4.67. The van der Waals surface area contributed by atoms with Crippen LogP contribution < -0.4 is 10.1 Å². The molecule has 1 heterocycles. The molecule has 0 radical (unpaired) electrons. The van der Waals surface area contributed by atoms with Gasteiger partial charge in [-0.25, -0.2) is 0 Å². The molecule has 14 nitrogen and oxygen atoms in total. The number of aromatic hydroxyl groups is 2. The zero-order valence-corrected chi connectivity index (χ0v) is 29.1. The number of ether oxygens (including phenoxy) is 3. The molecule has 270 valence electrons. The predicted molar refractivity (Wildman–Crippen MR) is 178 cm³/mol. The van der Waals surface area contributed by atoms with Crippen molar-refractivity contribution in [3.63, 3.8) is 0 Å². The Hall–Kier alpha value is -3.86. The third kappa shape index (κ3) is 6.53. The third-order valence-corrected chi connectivity index (χ3v) is 11.1. The first-order valence-corrected chi connectivity index (χ1v) is 17.3. The standard InChI is InChI=1S/C35H41NO13S/c1-15-29(41)18(36-23(40)10-9-21(38)34(2,3)50-5)11-24(48-15)49-20-13-35(46,22(39)14-37)12-17-26(20)33(45)28-27(31(17)43)30(42)16-7-6-8-19(47-4)25(16)32(28)44/h6-8,15,18,20,24,29,37,41,43,45-46H,9-14H2,1-5H3,(H,36,40)/t15-,18-,20-,24?,29+,35-/m0/s1. The monoisotopic (exact) mass is 715 g/mol. The van der Waals surface area contributed by atoms with E-state index in [9.17, 15) is 49.5 Å². The first-order valence-electron chi connectivity index (χ1n) is 16.1. The van der Waals surface area contributed by atoms with Crippen LogP contribution in [-0.2, 0) is 30.3 Å². The van der Waals surface area contributed by atoms with Gasteiger partial charge >= 0.3 is 0 Å². The van der Waals surface area contributed by atoms with Crippen LogP contribution in [0.15, 0.2) is 18.2 Å². The van der Waals surface area contributed by atoms with Gasteiger partial charge in [0.1, 0.15) is 41.3 Å². The van der Waals surface area contributed by atoms with E-state index in [2.05, 4.69) is 5.32 Å². The highest BCUT2D eigenvalue weighted by atomic mass is 32.2. The number of rotatable bonds is 11. The van der Waals surface area contributed by atoms with E-state index < -0.39 is 106 Å². The molecular weight excluding hydrogens is 674 g/mol. The van der Waals surface area contributed by atoms with Gasteiger partial charge in [0.25, 0.3) is 0 Å². The SMILES string of the molecule is COc1cccc2c1C(=O)c1c(O)c3c(c(O)c1C2=O)C[C@@](O)(C(=O)CO)C[C@@H]3OC1C[C@H](NC(=O)CCC(=O)C(C)(C)SC)[C@H](O)[C@H](C)O1. The van der Waals surface area contributed by atoms with Crippen LogP contribution in [0.1, 0.15) is 95.5 Å². The number of phenols is 2. The van der Waals surface area contributed by atoms with Crippen LogP contribution in [0.2, 0.25) is 0 Å². The molecule has 2 aromatic rings. The molecule has 3 aliphatic rings. The number of ketones is 4. The molecule has 2 aliphatic carbocycles. The highest BCUT2D eigenvalue weighted by Gasteiger charge is 2.50. The van der Waals surface area contributed by atoms with Crippen molar-refractivity contribution in [2.75, 3.05) is 20.0 Å². The minimum atomic E-state index is -2.34. The van der Waals surface area contributed by atoms with Crippen LogP contribution in [0.4, 0.5) is 0 Å². The van der Waals surface area contributed by atoms with Crippen LogP contribution in [0.25, 0.3) is 0 Å². The van der Waals surface area contributed by atoms with Crippen LogP contribution >= 0.6 is 11.8 Å². The summed E-state index contributed by atoms with van der Waals surface area (Å²) >= 11 is 1.36. The molecule has 1 fully saturated rings. The Morgan fingerprint density at radius 3 is 2.40 bits per heavy atom. The van der Waals surface area contributed by atoms with Crippen molar-refractivity contribution in [3.05, 3.63) is 51.6 Å². The maximum Gasteiger partial charge on any atom is 0.220 e. The zero-order chi connectivity index (χ0) is 36.9. The number of thioether (sulfide) groups is 1. The van der Waals surface area contributed by atoms with Gasteiger partial charge in [-0.05, 0) is 33.1 Å². The van der Waals surface area contributed by atoms with E-state index in [1.807, 2.05) is 0 Å². The maximum absolute atomic E-state index is 13.9. The fourth-order valence-corrected chi connectivity index (χ4v) is 7.11. The van der Waals surface area contributed by atoms with E-state index in [4.69, 9.17) is 14.2 Å². The van der Waals surface area contributed by atoms with Gasteiger partial charge in [0.05, 0.1) is 46.8 Å².